The molecule has 4 aliphatic rings. The summed E-state index contributed by atoms with van der Waals surface area (Å²) in [5.74, 6) is 0.966. The maximum Gasteiger partial charge on any atom is 0.333 e. The molecule has 160 valence electrons. The van der Waals surface area contributed by atoms with E-state index in [1.54, 1.807) is 0 Å². The average molecular weight is 401 g/mol. The Morgan fingerprint density at radius 2 is 2.10 bits per heavy atom. The van der Waals surface area contributed by atoms with E-state index in [4.69, 9.17) is 9.47 Å². The number of fused-ring (bicyclic) bond motifs is 1. The third-order valence-corrected chi connectivity index (χ3v) is 8.81. The van der Waals surface area contributed by atoms with Gasteiger partial charge < -0.3 is 14.6 Å². The van der Waals surface area contributed by atoms with Crippen LogP contribution in [0, 0.1) is 22.7 Å². The molecule has 1 N–H and O–H groups in total. The number of cyclic esters (lactones) is 1. The van der Waals surface area contributed by atoms with Gasteiger partial charge in [0.25, 0.3) is 0 Å². The van der Waals surface area contributed by atoms with E-state index in [2.05, 4.69) is 33.4 Å². The van der Waals surface area contributed by atoms with Gasteiger partial charge in [-0.25, -0.2) is 4.79 Å². The monoisotopic (exact) mass is 400 g/mol. The van der Waals surface area contributed by atoms with Crippen LogP contribution >= 0.6 is 0 Å². The zero-order valence-corrected chi connectivity index (χ0v) is 18.2. The first-order chi connectivity index (χ1) is 13.7. The lowest BCUT2D eigenvalue weighted by Crippen LogP contribution is -2.50. The fraction of sp³-hybridized carbons (Fsp3) is 0.720. The summed E-state index contributed by atoms with van der Waals surface area (Å²) in [4.78, 5) is 11.3. The minimum Gasteiger partial charge on any atom is -0.429 e. The maximum absolute atomic E-state index is 11.3. The molecular formula is C25H36O4. The van der Waals surface area contributed by atoms with Crippen LogP contribution < -0.4 is 0 Å². The van der Waals surface area contributed by atoms with E-state index >= 15 is 0 Å². The van der Waals surface area contributed by atoms with Gasteiger partial charge in [0.2, 0.25) is 6.29 Å². The minimum absolute atomic E-state index is 0.255. The number of aliphatic hydroxyl groups excluding tert-OH is 1. The molecule has 4 heteroatoms. The van der Waals surface area contributed by atoms with Crippen molar-refractivity contribution in [3.8, 4) is 0 Å². The van der Waals surface area contributed by atoms with Gasteiger partial charge in [-0.05, 0) is 79.6 Å². The largest absolute Gasteiger partial charge is 0.429 e. The Bertz CT molecular complexity index is 750. The Morgan fingerprint density at radius 1 is 1.31 bits per heavy atom. The molecule has 4 unspecified atom stereocenters. The predicted octanol–water partition coefficient (Wildman–Crippen LogP) is 5.08. The fourth-order valence-electron chi connectivity index (χ4n) is 6.50. The standard InChI is InChI=1S/C25H36O4/c1-16-6-5-7-21-24(16,3)12-10-17(2)25(21,4)13-11-18-8-9-20(28-15-18)19-14-22(26)29-23(19)27/h8,14,17,20-21,23,27H,1,5-7,9-13,15H2,2-4H3/t17?,20?,21?,23?,24-,25-/m1/s1. The van der Waals surface area contributed by atoms with Gasteiger partial charge >= 0.3 is 5.97 Å². The van der Waals surface area contributed by atoms with Gasteiger partial charge in [0.15, 0.2) is 0 Å². The molecule has 2 aliphatic heterocycles. The van der Waals surface area contributed by atoms with Crippen molar-refractivity contribution in [3.63, 3.8) is 0 Å². The van der Waals surface area contributed by atoms with Gasteiger partial charge in [0, 0.05) is 11.6 Å². The van der Waals surface area contributed by atoms with E-state index in [9.17, 15) is 9.90 Å². The van der Waals surface area contributed by atoms with Crippen molar-refractivity contribution in [3.05, 3.63) is 35.5 Å². The molecule has 29 heavy (non-hydrogen) atoms. The number of esters is 1. The summed E-state index contributed by atoms with van der Waals surface area (Å²) in [6, 6.07) is 0. The summed E-state index contributed by atoms with van der Waals surface area (Å²) in [7, 11) is 0. The molecule has 0 amide bonds. The second kappa shape index (κ2) is 7.70. The third-order valence-electron chi connectivity index (χ3n) is 8.81. The van der Waals surface area contributed by atoms with E-state index in [1.807, 2.05) is 0 Å². The minimum atomic E-state index is -1.15. The zero-order valence-electron chi connectivity index (χ0n) is 18.2. The molecule has 6 atom stereocenters. The first-order valence-corrected chi connectivity index (χ1v) is 11.3. The van der Waals surface area contributed by atoms with Gasteiger partial charge in [-0.3, -0.25) is 0 Å². The summed E-state index contributed by atoms with van der Waals surface area (Å²) in [6.07, 6.45) is 11.6. The lowest BCUT2D eigenvalue weighted by atomic mass is 9.46. The van der Waals surface area contributed by atoms with E-state index in [0.29, 0.717) is 29.4 Å². The first kappa shape index (κ1) is 20.9. The summed E-state index contributed by atoms with van der Waals surface area (Å²) in [5.41, 5.74) is 4.01. The predicted molar refractivity (Wildman–Crippen MR) is 113 cm³/mol. The van der Waals surface area contributed by atoms with E-state index in [-0.39, 0.29) is 6.10 Å². The molecule has 0 spiro atoms. The van der Waals surface area contributed by atoms with Crippen LogP contribution in [-0.4, -0.2) is 30.1 Å². The lowest BCUT2D eigenvalue weighted by molar-refractivity contribution is -0.152. The Morgan fingerprint density at radius 3 is 2.76 bits per heavy atom. The van der Waals surface area contributed by atoms with Gasteiger partial charge in [0.1, 0.15) is 0 Å². The third kappa shape index (κ3) is 3.63. The summed E-state index contributed by atoms with van der Waals surface area (Å²) >= 11 is 0. The van der Waals surface area contributed by atoms with Crippen molar-refractivity contribution in [2.24, 2.45) is 22.7 Å². The normalized spacial score (nSPS) is 42.8. The Labute approximate surface area is 175 Å². The van der Waals surface area contributed by atoms with E-state index in [1.165, 1.54) is 55.7 Å². The van der Waals surface area contributed by atoms with Gasteiger partial charge in [0.05, 0.1) is 12.7 Å². The molecule has 2 saturated carbocycles. The van der Waals surface area contributed by atoms with Gasteiger partial charge in [-0.1, -0.05) is 39.0 Å². The number of rotatable bonds is 4. The maximum atomic E-state index is 11.3. The number of aliphatic hydroxyl groups is 1. The summed E-state index contributed by atoms with van der Waals surface area (Å²) in [6.45, 7) is 12.5. The van der Waals surface area contributed by atoms with E-state index < -0.39 is 12.3 Å². The molecule has 2 aliphatic carbocycles. The number of hydrogen-bond acceptors (Lipinski definition) is 4. The fourth-order valence-corrected chi connectivity index (χ4v) is 6.50. The molecule has 2 fully saturated rings. The van der Waals surface area contributed by atoms with Crippen LogP contribution in [0.5, 0.6) is 0 Å². The van der Waals surface area contributed by atoms with Crippen molar-refractivity contribution < 1.29 is 19.4 Å². The van der Waals surface area contributed by atoms with Crippen LogP contribution in [0.4, 0.5) is 0 Å². The van der Waals surface area contributed by atoms with Crippen molar-refractivity contribution in [2.45, 2.75) is 84.5 Å². The number of hydrogen-bond donors (Lipinski definition) is 1. The number of carbonyl (C=O) groups excluding carboxylic acids is 1. The topological polar surface area (TPSA) is 55.8 Å². The molecule has 0 aromatic carbocycles. The van der Waals surface area contributed by atoms with Crippen LogP contribution in [0.25, 0.3) is 0 Å². The van der Waals surface area contributed by atoms with Crippen LogP contribution in [0.1, 0.15) is 72.1 Å². The van der Waals surface area contributed by atoms with Gasteiger partial charge in [-0.15, -0.1) is 0 Å². The molecule has 0 bridgehead atoms. The molecule has 2 heterocycles. The second-order valence-corrected chi connectivity index (χ2v) is 10.2. The van der Waals surface area contributed by atoms with Crippen LogP contribution in [0.2, 0.25) is 0 Å². The highest BCUT2D eigenvalue weighted by atomic mass is 16.6. The molecule has 4 rings (SSSR count). The van der Waals surface area contributed by atoms with Crippen molar-refractivity contribution in [2.75, 3.05) is 6.61 Å². The van der Waals surface area contributed by atoms with Crippen LogP contribution in [0.3, 0.4) is 0 Å². The first-order valence-electron chi connectivity index (χ1n) is 11.3. The highest BCUT2D eigenvalue weighted by Gasteiger charge is 2.53. The SMILES string of the molecule is C=C1CCCC2[C@](C)(CCC3=CCC(C4=CC(=O)OC4O)OC3)C(C)CC[C@]12C. The molecule has 0 radical (unpaired) electrons. The number of carbonyl (C=O) groups is 1. The smallest absolute Gasteiger partial charge is 0.333 e. The zero-order chi connectivity index (χ0) is 20.8. The van der Waals surface area contributed by atoms with Crippen molar-refractivity contribution in [1.82, 2.24) is 0 Å². The lowest BCUT2D eigenvalue weighted by Gasteiger charge is -2.59. The molecule has 0 aromatic heterocycles. The quantitative estimate of drug-likeness (QED) is 0.528. The Kier molecular flexibility index (Phi) is 5.54. The molecule has 4 nitrogen and oxygen atoms in total. The number of allylic oxidation sites excluding steroid dienone is 1. The number of ether oxygens (including phenoxy) is 2. The van der Waals surface area contributed by atoms with Crippen molar-refractivity contribution >= 4 is 5.97 Å². The van der Waals surface area contributed by atoms with Gasteiger partial charge in [-0.2, -0.15) is 0 Å². The summed E-state index contributed by atoms with van der Waals surface area (Å²) in [5, 5.41) is 9.85. The summed E-state index contributed by atoms with van der Waals surface area (Å²) < 4.78 is 10.8. The molecule has 0 saturated heterocycles. The van der Waals surface area contributed by atoms with Crippen LogP contribution in [-0.2, 0) is 14.3 Å². The highest BCUT2D eigenvalue weighted by molar-refractivity contribution is 5.85. The van der Waals surface area contributed by atoms with E-state index in [0.717, 1.165) is 18.3 Å². The Hall–Kier alpha value is -1.39. The van der Waals surface area contributed by atoms with Crippen LogP contribution in [0.15, 0.2) is 35.5 Å². The Balaban J connectivity index is 1.42. The highest BCUT2D eigenvalue weighted by Crippen LogP contribution is 2.62. The van der Waals surface area contributed by atoms with Crippen molar-refractivity contribution in [1.29, 1.82) is 0 Å². The molecule has 0 aromatic rings. The molecular weight excluding hydrogens is 364 g/mol. The average Bonchev–Trinajstić information content (AvgIpc) is 3.04. The second-order valence-electron chi connectivity index (χ2n) is 10.2.